The van der Waals surface area contributed by atoms with Crippen LogP contribution in [0.2, 0.25) is 10.0 Å². The molecule has 4 nitrogen and oxygen atoms in total. The van der Waals surface area contributed by atoms with E-state index in [0.29, 0.717) is 11.0 Å². The van der Waals surface area contributed by atoms with E-state index in [1.165, 1.54) is 0 Å². The quantitative estimate of drug-likeness (QED) is 0.788. The van der Waals surface area contributed by atoms with Gasteiger partial charge in [-0.15, -0.1) is 5.10 Å². The highest BCUT2D eigenvalue weighted by atomic mass is 35.5. The van der Waals surface area contributed by atoms with Crippen molar-refractivity contribution in [3.8, 4) is 0 Å². The van der Waals surface area contributed by atoms with Gasteiger partial charge in [0.2, 0.25) is 5.95 Å². The van der Waals surface area contributed by atoms with Crippen LogP contribution in [0.3, 0.4) is 0 Å². The first kappa shape index (κ1) is 13.2. The molecule has 0 spiro atoms. The SMILES string of the molecule is CC(Nc1nc2ccc(Cl)cn2n1)c1ccc(Cl)cc1. The van der Waals surface area contributed by atoms with Gasteiger partial charge < -0.3 is 5.32 Å². The van der Waals surface area contributed by atoms with Crippen molar-refractivity contribution in [1.29, 1.82) is 0 Å². The maximum Gasteiger partial charge on any atom is 0.243 e. The third kappa shape index (κ3) is 2.71. The number of aromatic nitrogens is 3. The highest BCUT2D eigenvalue weighted by molar-refractivity contribution is 6.30. The first-order valence-electron chi connectivity index (χ1n) is 6.16. The van der Waals surface area contributed by atoms with Crippen LogP contribution >= 0.6 is 23.2 Å². The van der Waals surface area contributed by atoms with Crippen molar-refractivity contribution in [1.82, 2.24) is 14.6 Å². The van der Waals surface area contributed by atoms with Crippen LogP contribution in [0.1, 0.15) is 18.5 Å². The van der Waals surface area contributed by atoms with E-state index in [9.17, 15) is 0 Å². The molecule has 0 saturated carbocycles. The van der Waals surface area contributed by atoms with Gasteiger partial charge in [0.05, 0.1) is 11.1 Å². The third-order valence-electron chi connectivity index (χ3n) is 3.01. The zero-order chi connectivity index (χ0) is 14.1. The maximum atomic E-state index is 5.92. The first-order chi connectivity index (χ1) is 9.61. The van der Waals surface area contributed by atoms with Crippen molar-refractivity contribution < 1.29 is 0 Å². The van der Waals surface area contributed by atoms with Crippen molar-refractivity contribution in [3.05, 3.63) is 58.2 Å². The molecule has 2 heterocycles. The second kappa shape index (κ2) is 5.31. The van der Waals surface area contributed by atoms with Crippen molar-refractivity contribution >= 4 is 34.8 Å². The van der Waals surface area contributed by atoms with Crippen LogP contribution in [-0.2, 0) is 0 Å². The van der Waals surface area contributed by atoms with E-state index >= 15 is 0 Å². The average molecular weight is 307 g/mol. The van der Waals surface area contributed by atoms with Crippen molar-refractivity contribution in [2.45, 2.75) is 13.0 Å². The summed E-state index contributed by atoms with van der Waals surface area (Å²) in [5, 5.41) is 8.95. The number of hydrogen-bond acceptors (Lipinski definition) is 3. The second-order valence-corrected chi connectivity index (χ2v) is 5.38. The van der Waals surface area contributed by atoms with Gasteiger partial charge in [-0.05, 0) is 36.8 Å². The lowest BCUT2D eigenvalue weighted by atomic mass is 10.1. The van der Waals surface area contributed by atoms with E-state index in [2.05, 4.69) is 15.4 Å². The molecule has 0 aliphatic rings. The Bertz CT molecular complexity index is 737. The van der Waals surface area contributed by atoms with Crippen LogP contribution in [0.25, 0.3) is 5.65 Å². The predicted molar refractivity (Wildman–Crippen MR) is 81.5 cm³/mol. The number of anilines is 1. The molecule has 3 aromatic rings. The largest absolute Gasteiger partial charge is 0.346 e. The first-order valence-corrected chi connectivity index (χ1v) is 6.91. The molecule has 20 heavy (non-hydrogen) atoms. The molecule has 1 aromatic carbocycles. The number of benzene rings is 1. The van der Waals surface area contributed by atoms with Crippen LogP contribution in [0.5, 0.6) is 0 Å². The van der Waals surface area contributed by atoms with Gasteiger partial charge in [0, 0.05) is 11.2 Å². The van der Waals surface area contributed by atoms with Gasteiger partial charge in [-0.1, -0.05) is 35.3 Å². The third-order valence-corrected chi connectivity index (χ3v) is 3.49. The van der Waals surface area contributed by atoms with Gasteiger partial charge in [-0.2, -0.15) is 4.98 Å². The molecule has 0 saturated heterocycles. The molecule has 1 atom stereocenters. The van der Waals surface area contributed by atoms with Gasteiger partial charge in [0.25, 0.3) is 0 Å². The van der Waals surface area contributed by atoms with Crippen LogP contribution in [-0.4, -0.2) is 14.6 Å². The molecular weight excluding hydrogens is 295 g/mol. The molecule has 0 aliphatic carbocycles. The second-order valence-electron chi connectivity index (χ2n) is 4.50. The van der Waals surface area contributed by atoms with Gasteiger partial charge in [0.1, 0.15) is 0 Å². The van der Waals surface area contributed by atoms with Crippen molar-refractivity contribution in [3.63, 3.8) is 0 Å². The summed E-state index contributed by atoms with van der Waals surface area (Å²) in [6.45, 7) is 2.04. The van der Waals surface area contributed by atoms with Crippen LogP contribution in [0.4, 0.5) is 5.95 Å². The van der Waals surface area contributed by atoms with E-state index in [1.54, 1.807) is 16.8 Å². The van der Waals surface area contributed by atoms with Crippen LogP contribution < -0.4 is 5.32 Å². The lowest BCUT2D eigenvalue weighted by Gasteiger charge is -2.12. The lowest BCUT2D eigenvalue weighted by molar-refractivity contribution is 0.853. The zero-order valence-electron chi connectivity index (χ0n) is 10.7. The Morgan fingerprint density at radius 3 is 2.50 bits per heavy atom. The average Bonchev–Trinajstić information content (AvgIpc) is 2.80. The summed E-state index contributed by atoms with van der Waals surface area (Å²) < 4.78 is 1.65. The number of pyridine rings is 1. The Hall–Kier alpha value is -1.78. The fourth-order valence-corrected chi connectivity index (χ4v) is 2.23. The molecule has 1 N–H and O–H groups in total. The normalized spacial score (nSPS) is 12.6. The number of nitrogens with zero attached hydrogens (tertiary/aromatic N) is 3. The predicted octanol–water partition coefficient (Wildman–Crippen LogP) is 4.21. The molecule has 2 aromatic heterocycles. The number of fused-ring (bicyclic) bond motifs is 1. The highest BCUT2D eigenvalue weighted by Crippen LogP contribution is 2.20. The van der Waals surface area contributed by atoms with E-state index in [-0.39, 0.29) is 6.04 Å². The lowest BCUT2D eigenvalue weighted by Crippen LogP contribution is -2.07. The van der Waals surface area contributed by atoms with Crippen LogP contribution in [0.15, 0.2) is 42.6 Å². The highest BCUT2D eigenvalue weighted by Gasteiger charge is 2.09. The minimum Gasteiger partial charge on any atom is -0.346 e. The number of halogens is 2. The summed E-state index contributed by atoms with van der Waals surface area (Å²) in [7, 11) is 0. The Balaban J connectivity index is 1.83. The molecule has 102 valence electrons. The summed E-state index contributed by atoms with van der Waals surface area (Å²) in [5.74, 6) is 0.565. The Kier molecular flexibility index (Phi) is 3.51. The Morgan fingerprint density at radius 2 is 1.75 bits per heavy atom. The zero-order valence-corrected chi connectivity index (χ0v) is 12.2. The molecule has 3 rings (SSSR count). The topological polar surface area (TPSA) is 42.2 Å². The summed E-state index contributed by atoms with van der Waals surface area (Å²) in [4.78, 5) is 4.39. The minimum atomic E-state index is 0.0835. The van der Waals surface area contributed by atoms with E-state index in [4.69, 9.17) is 23.2 Å². The van der Waals surface area contributed by atoms with E-state index < -0.39 is 0 Å². The summed E-state index contributed by atoms with van der Waals surface area (Å²) >= 11 is 11.8. The Morgan fingerprint density at radius 1 is 1.05 bits per heavy atom. The summed E-state index contributed by atoms with van der Waals surface area (Å²) in [6.07, 6.45) is 1.72. The number of hydrogen-bond donors (Lipinski definition) is 1. The van der Waals surface area contributed by atoms with Crippen molar-refractivity contribution in [2.75, 3.05) is 5.32 Å². The van der Waals surface area contributed by atoms with E-state index in [0.717, 1.165) is 16.2 Å². The molecule has 0 radical (unpaired) electrons. The molecule has 6 heteroatoms. The monoisotopic (exact) mass is 306 g/mol. The van der Waals surface area contributed by atoms with Gasteiger partial charge in [0.15, 0.2) is 5.65 Å². The van der Waals surface area contributed by atoms with Gasteiger partial charge in [-0.25, -0.2) is 4.52 Å². The van der Waals surface area contributed by atoms with E-state index in [1.807, 2.05) is 37.3 Å². The molecular formula is C14H12Cl2N4. The standard InChI is InChI=1S/C14H12Cl2N4/c1-9(10-2-4-11(15)5-3-10)17-14-18-13-7-6-12(16)8-20(13)19-14/h2-9H,1H3,(H,17,19). The smallest absolute Gasteiger partial charge is 0.243 e. The summed E-state index contributed by atoms with van der Waals surface area (Å²) in [5.41, 5.74) is 1.87. The Labute approximate surface area is 126 Å². The fraction of sp³-hybridized carbons (Fsp3) is 0.143. The maximum absolute atomic E-state index is 5.92. The molecule has 0 bridgehead atoms. The molecule has 0 fully saturated rings. The van der Waals surface area contributed by atoms with Crippen LogP contribution in [0, 0.1) is 0 Å². The number of rotatable bonds is 3. The van der Waals surface area contributed by atoms with Gasteiger partial charge in [-0.3, -0.25) is 0 Å². The summed E-state index contributed by atoms with van der Waals surface area (Å²) in [6, 6.07) is 11.4. The number of nitrogens with one attached hydrogen (secondary N) is 1. The minimum absolute atomic E-state index is 0.0835. The van der Waals surface area contributed by atoms with Gasteiger partial charge >= 0.3 is 0 Å². The molecule has 0 amide bonds. The van der Waals surface area contributed by atoms with Crippen molar-refractivity contribution in [2.24, 2.45) is 0 Å². The molecule has 1 unspecified atom stereocenters. The molecule has 0 aliphatic heterocycles. The fourth-order valence-electron chi connectivity index (χ4n) is 1.95.